The maximum absolute atomic E-state index is 9.50. The van der Waals surface area contributed by atoms with Gasteiger partial charge in [-0.25, -0.2) is 0 Å². The van der Waals surface area contributed by atoms with Gasteiger partial charge in [0, 0.05) is 12.2 Å². The molecule has 0 fully saturated rings. The zero-order valence-electron chi connectivity index (χ0n) is 11.3. The molecule has 3 rings (SSSR count). The van der Waals surface area contributed by atoms with Crippen LogP contribution in [0, 0.1) is 6.92 Å². The molecule has 2 N–H and O–H groups in total. The normalized spacial score (nSPS) is 13.1. The van der Waals surface area contributed by atoms with Crippen LogP contribution in [-0.4, -0.2) is 18.3 Å². The molecule has 20 heavy (non-hydrogen) atoms. The van der Waals surface area contributed by atoms with Crippen LogP contribution in [0.25, 0.3) is 0 Å². The lowest BCUT2D eigenvalue weighted by Gasteiger charge is -2.19. The monoisotopic (exact) mass is 271 g/mol. The van der Waals surface area contributed by atoms with E-state index in [-0.39, 0.29) is 0 Å². The van der Waals surface area contributed by atoms with Crippen molar-refractivity contribution in [2.45, 2.75) is 13.5 Å². The van der Waals surface area contributed by atoms with E-state index >= 15 is 0 Å². The van der Waals surface area contributed by atoms with Crippen LogP contribution in [0.15, 0.2) is 36.4 Å². The van der Waals surface area contributed by atoms with E-state index in [4.69, 9.17) is 9.47 Å². The van der Waals surface area contributed by atoms with Crippen LogP contribution in [0.2, 0.25) is 0 Å². The summed E-state index contributed by atoms with van der Waals surface area (Å²) in [5.41, 5.74) is 2.97. The molecule has 0 aliphatic carbocycles. The Balaban J connectivity index is 1.70. The topological polar surface area (TPSA) is 50.7 Å². The van der Waals surface area contributed by atoms with E-state index in [9.17, 15) is 5.11 Å². The lowest BCUT2D eigenvalue weighted by atomic mass is 10.1. The van der Waals surface area contributed by atoms with Gasteiger partial charge >= 0.3 is 0 Å². The van der Waals surface area contributed by atoms with E-state index in [1.165, 1.54) is 0 Å². The summed E-state index contributed by atoms with van der Waals surface area (Å²) in [5.74, 6) is 1.92. The molecular weight excluding hydrogens is 254 g/mol. The van der Waals surface area contributed by atoms with E-state index in [1.54, 1.807) is 6.07 Å². The Hall–Kier alpha value is -2.36. The predicted octanol–water partition coefficient (Wildman–Crippen LogP) is 3.08. The molecule has 0 bridgehead atoms. The molecule has 104 valence electrons. The number of phenolic OH excluding ortho intramolecular Hbond substituents is 1. The summed E-state index contributed by atoms with van der Waals surface area (Å²) in [6.45, 7) is 3.78. The fraction of sp³-hybridized carbons (Fsp3) is 0.250. The Kier molecular flexibility index (Phi) is 3.37. The molecule has 1 aliphatic heterocycles. The number of fused-ring (bicyclic) bond motifs is 1. The van der Waals surface area contributed by atoms with Crippen molar-refractivity contribution in [3.63, 3.8) is 0 Å². The van der Waals surface area contributed by atoms with Crippen molar-refractivity contribution in [1.29, 1.82) is 0 Å². The molecule has 0 radical (unpaired) electrons. The van der Waals surface area contributed by atoms with Crippen molar-refractivity contribution >= 4 is 5.69 Å². The molecule has 0 aromatic heterocycles. The van der Waals surface area contributed by atoms with Crippen LogP contribution in [0.1, 0.15) is 11.1 Å². The fourth-order valence-corrected chi connectivity index (χ4v) is 2.17. The van der Waals surface area contributed by atoms with Crippen LogP contribution in [0.3, 0.4) is 0 Å². The molecule has 2 aromatic carbocycles. The summed E-state index contributed by atoms with van der Waals surface area (Å²) in [4.78, 5) is 0. The van der Waals surface area contributed by atoms with Crippen molar-refractivity contribution in [2.24, 2.45) is 0 Å². The SMILES string of the molecule is Cc1cc(NCc2ccc3c(c2)OCCO3)ccc1O. The molecule has 0 unspecified atom stereocenters. The van der Waals surface area contributed by atoms with Gasteiger partial charge in [0.1, 0.15) is 19.0 Å². The van der Waals surface area contributed by atoms with Crippen LogP contribution < -0.4 is 14.8 Å². The number of ether oxygens (including phenoxy) is 2. The van der Waals surface area contributed by atoms with Gasteiger partial charge in [-0.2, -0.15) is 0 Å². The molecular formula is C16H17NO3. The number of rotatable bonds is 3. The maximum atomic E-state index is 9.50. The number of benzene rings is 2. The molecule has 1 aliphatic rings. The van der Waals surface area contributed by atoms with Gasteiger partial charge in [0.25, 0.3) is 0 Å². The number of hydrogen-bond donors (Lipinski definition) is 2. The Bertz CT molecular complexity index is 625. The highest BCUT2D eigenvalue weighted by atomic mass is 16.6. The van der Waals surface area contributed by atoms with Gasteiger partial charge in [0.2, 0.25) is 0 Å². The summed E-state index contributed by atoms with van der Waals surface area (Å²) in [7, 11) is 0. The van der Waals surface area contributed by atoms with Gasteiger partial charge in [0.15, 0.2) is 11.5 Å². The van der Waals surface area contributed by atoms with Crippen molar-refractivity contribution in [3.05, 3.63) is 47.5 Å². The van der Waals surface area contributed by atoms with E-state index < -0.39 is 0 Å². The highest BCUT2D eigenvalue weighted by Gasteiger charge is 2.11. The van der Waals surface area contributed by atoms with E-state index in [2.05, 4.69) is 5.32 Å². The molecule has 0 atom stereocenters. The first-order chi connectivity index (χ1) is 9.72. The van der Waals surface area contributed by atoms with Gasteiger partial charge in [-0.05, 0) is 48.4 Å². The summed E-state index contributed by atoms with van der Waals surface area (Å²) in [6.07, 6.45) is 0. The molecule has 4 nitrogen and oxygen atoms in total. The van der Waals surface area contributed by atoms with Gasteiger partial charge in [0.05, 0.1) is 0 Å². The van der Waals surface area contributed by atoms with Crippen molar-refractivity contribution < 1.29 is 14.6 Å². The second-order valence-electron chi connectivity index (χ2n) is 4.83. The number of phenols is 1. The number of anilines is 1. The van der Waals surface area contributed by atoms with Gasteiger partial charge < -0.3 is 19.9 Å². The zero-order chi connectivity index (χ0) is 13.9. The predicted molar refractivity (Wildman–Crippen MR) is 77.6 cm³/mol. The summed E-state index contributed by atoms with van der Waals surface area (Å²) in [5, 5.41) is 12.8. The second-order valence-corrected chi connectivity index (χ2v) is 4.83. The van der Waals surface area contributed by atoms with Gasteiger partial charge in [-0.1, -0.05) is 6.07 Å². The Morgan fingerprint density at radius 1 is 1.05 bits per heavy atom. The van der Waals surface area contributed by atoms with Crippen LogP contribution in [-0.2, 0) is 6.54 Å². The molecule has 0 amide bonds. The molecule has 2 aromatic rings. The fourth-order valence-electron chi connectivity index (χ4n) is 2.17. The van der Waals surface area contributed by atoms with Crippen molar-refractivity contribution in [3.8, 4) is 17.2 Å². The third kappa shape index (κ3) is 2.64. The van der Waals surface area contributed by atoms with Gasteiger partial charge in [-0.15, -0.1) is 0 Å². The Labute approximate surface area is 118 Å². The van der Waals surface area contributed by atoms with Crippen molar-refractivity contribution in [1.82, 2.24) is 0 Å². The summed E-state index contributed by atoms with van der Waals surface area (Å²) < 4.78 is 11.1. The molecule has 0 saturated heterocycles. The minimum Gasteiger partial charge on any atom is -0.508 e. The minimum absolute atomic E-state index is 0.315. The standard InChI is InChI=1S/C16H17NO3/c1-11-8-13(3-4-14(11)18)17-10-12-2-5-15-16(9-12)20-7-6-19-15/h2-5,8-9,17-18H,6-7,10H2,1H3. The molecule has 0 spiro atoms. The number of nitrogens with one attached hydrogen (secondary N) is 1. The number of aryl methyl sites for hydroxylation is 1. The first-order valence-corrected chi connectivity index (χ1v) is 6.64. The van der Waals surface area contributed by atoms with Crippen LogP contribution in [0.4, 0.5) is 5.69 Å². The summed E-state index contributed by atoms with van der Waals surface area (Å²) in [6, 6.07) is 11.4. The first kappa shape index (κ1) is 12.7. The Morgan fingerprint density at radius 3 is 2.65 bits per heavy atom. The number of hydrogen-bond acceptors (Lipinski definition) is 4. The quantitative estimate of drug-likeness (QED) is 0.842. The lowest BCUT2D eigenvalue weighted by molar-refractivity contribution is 0.171. The average Bonchev–Trinajstić information content (AvgIpc) is 2.48. The largest absolute Gasteiger partial charge is 0.508 e. The van der Waals surface area contributed by atoms with Crippen molar-refractivity contribution in [2.75, 3.05) is 18.5 Å². The first-order valence-electron chi connectivity index (χ1n) is 6.64. The third-order valence-electron chi connectivity index (χ3n) is 3.30. The number of aromatic hydroxyl groups is 1. The minimum atomic E-state index is 0.315. The zero-order valence-corrected chi connectivity index (χ0v) is 11.3. The van der Waals surface area contributed by atoms with Gasteiger partial charge in [-0.3, -0.25) is 0 Å². The van der Waals surface area contributed by atoms with E-state index in [0.29, 0.717) is 25.5 Å². The lowest BCUT2D eigenvalue weighted by Crippen LogP contribution is -2.15. The molecule has 0 saturated carbocycles. The highest BCUT2D eigenvalue weighted by molar-refractivity contribution is 5.51. The maximum Gasteiger partial charge on any atom is 0.161 e. The Morgan fingerprint density at radius 2 is 1.85 bits per heavy atom. The average molecular weight is 271 g/mol. The third-order valence-corrected chi connectivity index (χ3v) is 3.30. The van der Waals surface area contributed by atoms with E-state index in [0.717, 1.165) is 28.3 Å². The second kappa shape index (κ2) is 5.33. The molecule has 1 heterocycles. The van der Waals surface area contributed by atoms with Crippen LogP contribution in [0.5, 0.6) is 17.2 Å². The smallest absolute Gasteiger partial charge is 0.161 e. The molecule has 4 heteroatoms. The van der Waals surface area contributed by atoms with Crippen LogP contribution >= 0.6 is 0 Å². The highest BCUT2D eigenvalue weighted by Crippen LogP contribution is 2.31. The summed E-state index contributed by atoms with van der Waals surface area (Å²) >= 11 is 0. The van der Waals surface area contributed by atoms with E-state index in [1.807, 2.05) is 37.3 Å².